The lowest BCUT2D eigenvalue weighted by molar-refractivity contribution is 0.00588. The number of aliphatic hydroxyl groups is 1. The molecule has 0 amide bonds. The molecule has 1 saturated heterocycles. The predicted octanol–water partition coefficient (Wildman–Crippen LogP) is 0.956. The highest BCUT2D eigenvalue weighted by atomic mass is 16.4. The van der Waals surface area contributed by atoms with Crippen molar-refractivity contribution in [3.63, 3.8) is 0 Å². The van der Waals surface area contributed by atoms with Gasteiger partial charge in [0.15, 0.2) is 0 Å². The van der Waals surface area contributed by atoms with E-state index in [0.717, 1.165) is 13.1 Å². The molecule has 0 atom stereocenters. The first-order valence-corrected chi connectivity index (χ1v) is 5.39. The summed E-state index contributed by atoms with van der Waals surface area (Å²) in [5.74, 6) is -0.959. The minimum absolute atomic E-state index is 0.226. The highest BCUT2D eigenvalue weighted by Crippen LogP contribution is 2.30. The molecule has 16 heavy (non-hydrogen) atoms. The minimum atomic E-state index is -0.959. The monoisotopic (exact) mass is 221 g/mol. The molecule has 1 heterocycles. The second kappa shape index (κ2) is 4.23. The lowest BCUT2D eigenvalue weighted by Crippen LogP contribution is -2.39. The molecule has 0 spiro atoms. The number of piperidine rings is 1. The van der Waals surface area contributed by atoms with Crippen LogP contribution in [0.25, 0.3) is 0 Å². The number of benzene rings is 1. The van der Waals surface area contributed by atoms with Gasteiger partial charge < -0.3 is 15.5 Å². The van der Waals surface area contributed by atoms with E-state index in [0.29, 0.717) is 18.4 Å². The lowest BCUT2D eigenvalue weighted by Gasteiger charge is -2.33. The summed E-state index contributed by atoms with van der Waals surface area (Å²) in [6.45, 7) is 1.52. The van der Waals surface area contributed by atoms with E-state index >= 15 is 0 Å². The van der Waals surface area contributed by atoms with Crippen molar-refractivity contribution in [3.8, 4) is 0 Å². The van der Waals surface area contributed by atoms with E-state index in [9.17, 15) is 9.90 Å². The molecule has 0 radical (unpaired) electrons. The molecule has 0 aliphatic carbocycles. The first kappa shape index (κ1) is 11.1. The largest absolute Gasteiger partial charge is 0.478 e. The van der Waals surface area contributed by atoms with Gasteiger partial charge in [-0.2, -0.15) is 0 Å². The van der Waals surface area contributed by atoms with E-state index in [2.05, 4.69) is 5.32 Å². The molecule has 1 fully saturated rings. The van der Waals surface area contributed by atoms with Gasteiger partial charge in [0.1, 0.15) is 0 Å². The Labute approximate surface area is 93.9 Å². The van der Waals surface area contributed by atoms with E-state index in [1.165, 1.54) is 6.07 Å². The third-order valence-electron chi connectivity index (χ3n) is 3.08. The van der Waals surface area contributed by atoms with Crippen molar-refractivity contribution in [1.29, 1.82) is 0 Å². The molecule has 86 valence electrons. The standard InChI is InChI=1S/C12H15NO3/c14-11(15)9-2-1-3-10(8-9)12(16)4-6-13-7-5-12/h1-3,8,13,16H,4-7H2,(H,14,15). The molecule has 1 aliphatic heterocycles. The van der Waals surface area contributed by atoms with Gasteiger partial charge in [-0.1, -0.05) is 12.1 Å². The number of carboxylic acid groups (broad SMARTS) is 1. The fraction of sp³-hybridized carbons (Fsp3) is 0.417. The maximum atomic E-state index is 10.8. The van der Waals surface area contributed by atoms with E-state index in [4.69, 9.17) is 5.11 Å². The summed E-state index contributed by atoms with van der Waals surface area (Å²) < 4.78 is 0. The maximum absolute atomic E-state index is 10.8. The van der Waals surface area contributed by atoms with Crippen LogP contribution in [0.2, 0.25) is 0 Å². The predicted molar refractivity (Wildman–Crippen MR) is 59.4 cm³/mol. The Morgan fingerprint density at radius 1 is 1.31 bits per heavy atom. The fourth-order valence-electron chi connectivity index (χ4n) is 2.07. The maximum Gasteiger partial charge on any atom is 0.335 e. The molecule has 1 aliphatic rings. The summed E-state index contributed by atoms with van der Waals surface area (Å²) in [5, 5.41) is 22.5. The van der Waals surface area contributed by atoms with Gasteiger partial charge in [0.25, 0.3) is 0 Å². The normalized spacial score (nSPS) is 19.3. The van der Waals surface area contributed by atoms with Gasteiger partial charge in [-0.3, -0.25) is 0 Å². The number of nitrogens with one attached hydrogen (secondary N) is 1. The summed E-state index contributed by atoms with van der Waals surface area (Å²) in [6.07, 6.45) is 1.24. The van der Waals surface area contributed by atoms with Crippen LogP contribution in [-0.2, 0) is 5.60 Å². The van der Waals surface area contributed by atoms with E-state index in [-0.39, 0.29) is 5.56 Å². The zero-order valence-electron chi connectivity index (χ0n) is 8.94. The zero-order valence-corrected chi connectivity index (χ0v) is 8.94. The highest BCUT2D eigenvalue weighted by molar-refractivity contribution is 5.87. The second-order valence-corrected chi connectivity index (χ2v) is 4.17. The molecule has 0 bridgehead atoms. The van der Waals surface area contributed by atoms with Crippen molar-refractivity contribution in [2.24, 2.45) is 0 Å². The number of carbonyl (C=O) groups is 1. The summed E-state index contributed by atoms with van der Waals surface area (Å²) in [4.78, 5) is 10.8. The number of hydrogen-bond donors (Lipinski definition) is 3. The van der Waals surface area contributed by atoms with Crippen LogP contribution in [0.3, 0.4) is 0 Å². The average molecular weight is 221 g/mol. The van der Waals surface area contributed by atoms with Crippen molar-refractivity contribution in [1.82, 2.24) is 5.32 Å². The lowest BCUT2D eigenvalue weighted by atomic mass is 9.84. The van der Waals surface area contributed by atoms with Crippen molar-refractivity contribution in [2.75, 3.05) is 13.1 Å². The third kappa shape index (κ3) is 2.08. The molecule has 1 aromatic rings. The summed E-state index contributed by atoms with van der Waals surface area (Å²) in [7, 11) is 0. The smallest absolute Gasteiger partial charge is 0.335 e. The van der Waals surface area contributed by atoms with Crippen LogP contribution in [-0.4, -0.2) is 29.3 Å². The Hall–Kier alpha value is -1.39. The summed E-state index contributed by atoms with van der Waals surface area (Å²) >= 11 is 0. The molecule has 1 aromatic carbocycles. The average Bonchev–Trinajstić information content (AvgIpc) is 2.30. The SMILES string of the molecule is O=C(O)c1cccc(C2(O)CCNCC2)c1. The second-order valence-electron chi connectivity index (χ2n) is 4.17. The Bertz CT molecular complexity index is 397. The van der Waals surface area contributed by atoms with Crippen molar-refractivity contribution in [3.05, 3.63) is 35.4 Å². The molecular formula is C12H15NO3. The number of carboxylic acids is 1. The van der Waals surface area contributed by atoms with Crippen LogP contribution in [0.4, 0.5) is 0 Å². The zero-order chi connectivity index (χ0) is 11.6. The van der Waals surface area contributed by atoms with Crippen LogP contribution >= 0.6 is 0 Å². The van der Waals surface area contributed by atoms with Crippen LogP contribution in [0.15, 0.2) is 24.3 Å². The van der Waals surface area contributed by atoms with E-state index < -0.39 is 11.6 Å². The van der Waals surface area contributed by atoms with Gasteiger partial charge >= 0.3 is 5.97 Å². The molecule has 0 aromatic heterocycles. The number of rotatable bonds is 2. The van der Waals surface area contributed by atoms with Gasteiger partial charge in [0, 0.05) is 0 Å². The van der Waals surface area contributed by atoms with Gasteiger partial charge in [-0.05, 0) is 43.6 Å². The molecule has 4 heteroatoms. The van der Waals surface area contributed by atoms with Gasteiger partial charge in [-0.25, -0.2) is 4.79 Å². The Balaban J connectivity index is 2.31. The first-order chi connectivity index (χ1) is 7.62. The third-order valence-corrected chi connectivity index (χ3v) is 3.08. The molecule has 3 N–H and O–H groups in total. The molecule has 4 nitrogen and oxygen atoms in total. The molecule has 2 rings (SSSR count). The van der Waals surface area contributed by atoms with Gasteiger partial charge in [-0.15, -0.1) is 0 Å². The minimum Gasteiger partial charge on any atom is -0.478 e. The van der Waals surface area contributed by atoms with Crippen molar-refractivity contribution >= 4 is 5.97 Å². The Kier molecular flexibility index (Phi) is 2.94. The fourth-order valence-corrected chi connectivity index (χ4v) is 2.07. The van der Waals surface area contributed by atoms with Crippen molar-refractivity contribution < 1.29 is 15.0 Å². The molecule has 0 saturated carbocycles. The van der Waals surface area contributed by atoms with Crippen molar-refractivity contribution in [2.45, 2.75) is 18.4 Å². The summed E-state index contributed by atoms with van der Waals surface area (Å²) in [5.41, 5.74) is 0.0508. The summed E-state index contributed by atoms with van der Waals surface area (Å²) in [6, 6.07) is 6.57. The van der Waals surface area contributed by atoms with Crippen LogP contribution in [0, 0.1) is 0 Å². The van der Waals surface area contributed by atoms with Crippen LogP contribution in [0.1, 0.15) is 28.8 Å². The molecular weight excluding hydrogens is 206 g/mol. The van der Waals surface area contributed by atoms with E-state index in [1.807, 2.05) is 0 Å². The first-order valence-electron chi connectivity index (χ1n) is 5.39. The quantitative estimate of drug-likeness (QED) is 0.695. The van der Waals surface area contributed by atoms with Crippen LogP contribution < -0.4 is 5.32 Å². The van der Waals surface area contributed by atoms with Gasteiger partial charge in [0.05, 0.1) is 11.2 Å². The number of aromatic carboxylic acids is 1. The Morgan fingerprint density at radius 2 is 2.00 bits per heavy atom. The Morgan fingerprint density at radius 3 is 2.62 bits per heavy atom. The van der Waals surface area contributed by atoms with E-state index in [1.54, 1.807) is 18.2 Å². The number of hydrogen-bond acceptors (Lipinski definition) is 3. The highest BCUT2D eigenvalue weighted by Gasteiger charge is 2.31. The topological polar surface area (TPSA) is 69.6 Å². The van der Waals surface area contributed by atoms with Crippen LogP contribution in [0.5, 0.6) is 0 Å². The van der Waals surface area contributed by atoms with Gasteiger partial charge in [0.2, 0.25) is 0 Å². The molecule has 0 unspecified atom stereocenters.